The van der Waals surface area contributed by atoms with Gasteiger partial charge in [0.15, 0.2) is 0 Å². The Morgan fingerprint density at radius 3 is 2.33 bits per heavy atom. The van der Waals surface area contributed by atoms with Gasteiger partial charge in [-0.1, -0.05) is 19.1 Å². The molecular weight excluding hydrogens is 226 g/mol. The molecule has 0 radical (unpaired) electrons. The molecule has 1 unspecified atom stereocenters. The van der Waals surface area contributed by atoms with Gasteiger partial charge in [-0.15, -0.1) is 0 Å². The lowest BCUT2D eigenvalue weighted by Gasteiger charge is -2.10. The van der Waals surface area contributed by atoms with Gasteiger partial charge in [-0.3, -0.25) is 4.79 Å². The highest BCUT2D eigenvalue weighted by Crippen LogP contribution is 2.14. The van der Waals surface area contributed by atoms with E-state index >= 15 is 0 Å². The molecule has 3 heteroatoms. The lowest BCUT2D eigenvalue weighted by molar-refractivity contribution is -0.141. The van der Waals surface area contributed by atoms with Gasteiger partial charge >= 0.3 is 5.97 Å². The fourth-order valence-corrected chi connectivity index (χ4v) is 1.84. The zero-order chi connectivity index (χ0) is 13.5. The van der Waals surface area contributed by atoms with E-state index in [9.17, 15) is 4.79 Å². The van der Waals surface area contributed by atoms with Gasteiger partial charge in [-0.2, -0.15) is 0 Å². The molecule has 0 fully saturated rings. The molecule has 1 aromatic carbocycles. The molecule has 1 rings (SSSR count). The molecule has 3 nitrogen and oxygen atoms in total. The van der Waals surface area contributed by atoms with Crippen LogP contribution < -0.4 is 5.32 Å². The molecule has 0 bridgehead atoms. The first-order valence-corrected chi connectivity index (χ1v) is 6.57. The minimum absolute atomic E-state index is 0.244. The van der Waals surface area contributed by atoms with Crippen molar-refractivity contribution < 1.29 is 9.90 Å². The zero-order valence-corrected chi connectivity index (χ0v) is 11.4. The predicted molar refractivity (Wildman–Crippen MR) is 74.9 cm³/mol. The van der Waals surface area contributed by atoms with Gasteiger partial charge < -0.3 is 10.4 Å². The minimum Gasteiger partial charge on any atom is -0.481 e. The molecule has 0 spiro atoms. The first-order chi connectivity index (χ1) is 8.49. The molecule has 0 aliphatic carbocycles. The highest BCUT2D eigenvalue weighted by molar-refractivity contribution is 5.69. The quantitative estimate of drug-likeness (QED) is 0.777. The van der Waals surface area contributed by atoms with Crippen molar-refractivity contribution in [3.05, 3.63) is 29.8 Å². The van der Waals surface area contributed by atoms with Gasteiger partial charge in [0.1, 0.15) is 0 Å². The van der Waals surface area contributed by atoms with Gasteiger partial charge in [0.25, 0.3) is 0 Å². The third-order valence-corrected chi connectivity index (χ3v) is 2.93. The van der Waals surface area contributed by atoms with Crippen molar-refractivity contribution in [1.82, 2.24) is 0 Å². The van der Waals surface area contributed by atoms with Crippen LogP contribution in [0.15, 0.2) is 24.3 Å². The predicted octanol–water partition coefficient (Wildman–Crippen LogP) is 3.55. The molecule has 0 saturated heterocycles. The minimum atomic E-state index is -0.702. The molecule has 100 valence electrons. The van der Waals surface area contributed by atoms with E-state index in [0.717, 1.165) is 24.9 Å². The summed E-state index contributed by atoms with van der Waals surface area (Å²) in [4.78, 5) is 10.7. The molecule has 1 atom stereocenters. The Labute approximate surface area is 109 Å². The summed E-state index contributed by atoms with van der Waals surface area (Å²) in [6.07, 6.45) is 2.60. The maximum atomic E-state index is 10.7. The highest BCUT2D eigenvalue weighted by Gasteiger charge is 2.09. The molecule has 1 aromatic rings. The van der Waals surface area contributed by atoms with Crippen LogP contribution in [-0.4, -0.2) is 17.1 Å². The number of nitrogens with one attached hydrogen (secondary N) is 1. The molecule has 18 heavy (non-hydrogen) atoms. The molecule has 0 aliphatic rings. The largest absolute Gasteiger partial charge is 0.481 e. The monoisotopic (exact) mass is 249 g/mol. The summed E-state index contributed by atoms with van der Waals surface area (Å²) in [6.45, 7) is 5.99. The van der Waals surface area contributed by atoms with Crippen LogP contribution in [0.2, 0.25) is 0 Å². The fourth-order valence-electron chi connectivity index (χ4n) is 1.84. The normalized spacial score (nSPS) is 12.4. The number of hydrogen-bond donors (Lipinski definition) is 2. The van der Waals surface area contributed by atoms with Crippen molar-refractivity contribution in [2.75, 3.05) is 5.32 Å². The zero-order valence-electron chi connectivity index (χ0n) is 11.4. The van der Waals surface area contributed by atoms with Crippen LogP contribution in [0.3, 0.4) is 0 Å². The van der Waals surface area contributed by atoms with Crippen LogP contribution in [-0.2, 0) is 11.2 Å². The van der Waals surface area contributed by atoms with E-state index in [1.807, 2.05) is 0 Å². The Bertz CT molecular complexity index is 371. The van der Waals surface area contributed by atoms with Crippen molar-refractivity contribution >= 4 is 11.7 Å². The fraction of sp³-hybridized carbons (Fsp3) is 0.533. The first kappa shape index (κ1) is 14.6. The standard InChI is InChI=1S/C15H23NO2/c1-11(2)16-14-9-7-13(8-10-14)6-4-5-12(3)15(17)18/h7-12,16H,4-6H2,1-3H3,(H,17,18). The molecule has 0 heterocycles. The molecule has 0 saturated carbocycles. The Morgan fingerprint density at radius 1 is 1.22 bits per heavy atom. The van der Waals surface area contributed by atoms with Crippen LogP contribution in [0, 0.1) is 5.92 Å². The van der Waals surface area contributed by atoms with E-state index < -0.39 is 5.97 Å². The van der Waals surface area contributed by atoms with E-state index in [4.69, 9.17) is 5.11 Å². The lowest BCUT2D eigenvalue weighted by atomic mass is 10.0. The smallest absolute Gasteiger partial charge is 0.306 e. The van der Waals surface area contributed by atoms with Crippen LogP contribution in [0.1, 0.15) is 39.2 Å². The van der Waals surface area contributed by atoms with E-state index in [1.165, 1.54) is 5.56 Å². The van der Waals surface area contributed by atoms with Gasteiger partial charge in [0.2, 0.25) is 0 Å². The van der Waals surface area contributed by atoms with Gasteiger partial charge in [-0.05, 0) is 50.8 Å². The Morgan fingerprint density at radius 2 is 1.83 bits per heavy atom. The van der Waals surface area contributed by atoms with E-state index in [2.05, 4.69) is 43.4 Å². The lowest BCUT2D eigenvalue weighted by Crippen LogP contribution is -2.10. The van der Waals surface area contributed by atoms with Crippen LogP contribution in [0.4, 0.5) is 5.69 Å². The number of anilines is 1. The van der Waals surface area contributed by atoms with E-state index in [-0.39, 0.29) is 5.92 Å². The summed E-state index contributed by atoms with van der Waals surface area (Å²) in [5, 5.41) is 12.1. The number of carboxylic acid groups (broad SMARTS) is 1. The number of aryl methyl sites for hydroxylation is 1. The second-order valence-corrected chi connectivity index (χ2v) is 5.13. The number of rotatable bonds is 7. The summed E-state index contributed by atoms with van der Waals surface area (Å²) in [6, 6.07) is 8.81. The maximum Gasteiger partial charge on any atom is 0.306 e. The third-order valence-electron chi connectivity index (χ3n) is 2.93. The number of aliphatic carboxylic acids is 1. The number of carboxylic acids is 1. The van der Waals surface area contributed by atoms with Crippen LogP contribution in [0.25, 0.3) is 0 Å². The van der Waals surface area contributed by atoms with Crippen molar-refractivity contribution in [3.63, 3.8) is 0 Å². The summed E-state index contributed by atoms with van der Waals surface area (Å²) in [5.74, 6) is -0.946. The maximum absolute atomic E-state index is 10.7. The van der Waals surface area contributed by atoms with Gasteiger partial charge in [0.05, 0.1) is 5.92 Å². The van der Waals surface area contributed by atoms with Crippen LogP contribution in [0.5, 0.6) is 0 Å². The van der Waals surface area contributed by atoms with E-state index in [1.54, 1.807) is 6.92 Å². The average Bonchev–Trinajstić information content (AvgIpc) is 2.30. The topological polar surface area (TPSA) is 49.3 Å². The third kappa shape index (κ3) is 5.21. The average molecular weight is 249 g/mol. The number of hydrogen-bond acceptors (Lipinski definition) is 2. The second kappa shape index (κ2) is 7.04. The molecular formula is C15H23NO2. The summed E-state index contributed by atoms with van der Waals surface area (Å²) < 4.78 is 0. The molecule has 0 aromatic heterocycles. The molecule has 2 N–H and O–H groups in total. The SMILES string of the molecule is CC(C)Nc1ccc(CCCC(C)C(=O)O)cc1. The highest BCUT2D eigenvalue weighted by atomic mass is 16.4. The Balaban J connectivity index is 2.37. The number of carbonyl (C=O) groups is 1. The van der Waals surface area contributed by atoms with Crippen molar-refractivity contribution in [3.8, 4) is 0 Å². The first-order valence-electron chi connectivity index (χ1n) is 6.57. The summed E-state index contributed by atoms with van der Waals surface area (Å²) >= 11 is 0. The van der Waals surface area contributed by atoms with Crippen LogP contribution >= 0.6 is 0 Å². The number of benzene rings is 1. The van der Waals surface area contributed by atoms with Crippen molar-refractivity contribution in [1.29, 1.82) is 0 Å². The molecule has 0 aliphatic heterocycles. The Kier molecular flexibility index (Phi) is 5.69. The Hall–Kier alpha value is -1.51. The summed E-state index contributed by atoms with van der Waals surface area (Å²) in [5.41, 5.74) is 2.40. The van der Waals surface area contributed by atoms with Gasteiger partial charge in [-0.25, -0.2) is 0 Å². The van der Waals surface area contributed by atoms with Crippen molar-refractivity contribution in [2.24, 2.45) is 5.92 Å². The summed E-state index contributed by atoms with van der Waals surface area (Å²) in [7, 11) is 0. The van der Waals surface area contributed by atoms with Gasteiger partial charge in [0, 0.05) is 11.7 Å². The molecule has 0 amide bonds. The van der Waals surface area contributed by atoms with E-state index in [0.29, 0.717) is 6.04 Å². The van der Waals surface area contributed by atoms with Crippen molar-refractivity contribution in [2.45, 2.75) is 46.1 Å². The second-order valence-electron chi connectivity index (χ2n) is 5.13.